The van der Waals surface area contributed by atoms with Crippen LogP contribution >= 0.6 is 0 Å². The molecule has 0 saturated carbocycles. The molecule has 0 fully saturated rings. The van der Waals surface area contributed by atoms with Crippen LogP contribution in [0.1, 0.15) is 0 Å². The zero-order valence-electron chi connectivity index (χ0n) is 23.5. The molecule has 0 radical (unpaired) electrons. The van der Waals surface area contributed by atoms with E-state index in [4.69, 9.17) is 0 Å². The van der Waals surface area contributed by atoms with Gasteiger partial charge in [-0.05, 0) is 0 Å². The molecule has 0 saturated heterocycles. The Morgan fingerprint density at radius 1 is 0.326 bits per heavy atom. The van der Waals surface area contributed by atoms with E-state index >= 15 is 0 Å². The van der Waals surface area contributed by atoms with Crippen LogP contribution in [0.5, 0.6) is 0 Å². The molecule has 1 heterocycles. The van der Waals surface area contributed by atoms with Crippen molar-refractivity contribution in [3.05, 3.63) is 170 Å². The van der Waals surface area contributed by atoms with Crippen LogP contribution < -0.4 is 9.80 Å². The van der Waals surface area contributed by atoms with Gasteiger partial charge in [0.05, 0.1) is 0 Å². The van der Waals surface area contributed by atoms with Crippen molar-refractivity contribution in [2.75, 3.05) is 9.80 Å². The summed E-state index contributed by atoms with van der Waals surface area (Å²) in [5.74, 6) is 0. The van der Waals surface area contributed by atoms with E-state index in [1.165, 1.54) is 35.8 Å². The fraction of sp³-hybridized carbons (Fsp3) is 0. The van der Waals surface area contributed by atoms with Gasteiger partial charge in [0.2, 0.25) is 0 Å². The number of hydrogen-bond donors (Lipinski definition) is 0. The van der Waals surface area contributed by atoms with Crippen LogP contribution in [0.15, 0.2) is 170 Å². The van der Waals surface area contributed by atoms with Gasteiger partial charge in [0, 0.05) is 0 Å². The Labute approximate surface area is 257 Å². The van der Waals surface area contributed by atoms with Gasteiger partial charge in [0.1, 0.15) is 0 Å². The molecule has 3 heteroatoms. The second-order valence-electron chi connectivity index (χ2n) is 10.6. The van der Waals surface area contributed by atoms with E-state index in [2.05, 4.69) is 180 Å². The molecule has 0 bridgehead atoms. The molecule has 43 heavy (non-hydrogen) atoms. The summed E-state index contributed by atoms with van der Waals surface area (Å²) in [5.41, 5.74) is 6.84. The number of anilines is 6. The maximum atomic E-state index is 2.41. The van der Waals surface area contributed by atoms with Crippen molar-refractivity contribution in [2.45, 2.75) is 0 Å². The van der Waals surface area contributed by atoms with E-state index in [0.717, 1.165) is 28.4 Å². The van der Waals surface area contributed by atoms with Gasteiger partial charge in [-0.3, -0.25) is 0 Å². The van der Waals surface area contributed by atoms with Crippen molar-refractivity contribution in [3.63, 3.8) is 0 Å². The van der Waals surface area contributed by atoms with Crippen LogP contribution in [-0.2, 0) is 0 Å². The van der Waals surface area contributed by atoms with E-state index in [0.29, 0.717) is 0 Å². The van der Waals surface area contributed by atoms with Crippen molar-refractivity contribution in [2.24, 2.45) is 0 Å². The zero-order valence-corrected chi connectivity index (χ0v) is 25.2. The van der Waals surface area contributed by atoms with E-state index < -0.39 is 0 Å². The molecule has 8 aromatic rings. The molecule has 0 aliphatic rings. The molecule has 0 aliphatic carbocycles. The Balaban J connectivity index is 1.24. The number of fused-ring (bicyclic) bond motifs is 5. The molecule has 7 aromatic carbocycles. The van der Waals surface area contributed by atoms with E-state index in [1.807, 2.05) is 0 Å². The summed E-state index contributed by atoms with van der Waals surface area (Å²) < 4.78 is 2.93. The Kier molecular flexibility index (Phi) is 6.53. The average Bonchev–Trinajstić information content (AvgIpc) is 3.46. The first-order valence-corrected chi connectivity index (χ1v) is 16.2. The number of hydrogen-bond acceptors (Lipinski definition) is 2. The van der Waals surface area contributed by atoms with E-state index in [9.17, 15) is 0 Å². The third-order valence-corrected chi connectivity index (χ3v) is 10.5. The molecular weight excluding hydrogens is 587 g/mol. The monoisotopic (exact) mass is 616 g/mol. The first kappa shape index (κ1) is 25.6. The third-order valence-electron chi connectivity index (χ3n) is 8.01. The van der Waals surface area contributed by atoms with E-state index in [-0.39, 0.29) is 14.5 Å². The molecule has 8 rings (SSSR count). The van der Waals surface area contributed by atoms with Gasteiger partial charge < -0.3 is 0 Å². The average molecular weight is 616 g/mol. The predicted octanol–water partition coefficient (Wildman–Crippen LogP) is 11.1. The Morgan fingerprint density at radius 3 is 1.35 bits per heavy atom. The summed E-state index contributed by atoms with van der Waals surface area (Å²) in [6, 6.07) is 61.1. The van der Waals surface area contributed by atoms with Crippen LogP contribution in [0.25, 0.3) is 30.1 Å². The molecular formula is C40H28N2Se. The molecule has 204 valence electrons. The van der Waals surface area contributed by atoms with Crippen LogP contribution in [0.4, 0.5) is 34.1 Å². The number of para-hydroxylation sites is 3. The van der Waals surface area contributed by atoms with E-state index in [1.54, 1.807) is 0 Å². The van der Waals surface area contributed by atoms with Crippen molar-refractivity contribution < 1.29 is 0 Å². The summed E-state index contributed by atoms with van der Waals surface area (Å²) in [5, 5.41) is 5.46. The van der Waals surface area contributed by atoms with Crippen molar-refractivity contribution in [1.82, 2.24) is 0 Å². The molecule has 2 nitrogen and oxygen atoms in total. The number of benzene rings is 7. The van der Waals surface area contributed by atoms with Gasteiger partial charge in [-0.15, -0.1) is 0 Å². The Hall–Kier alpha value is -5.08. The first-order chi connectivity index (χ1) is 21.3. The van der Waals surface area contributed by atoms with Crippen molar-refractivity contribution in [1.29, 1.82) is 0 Å². The summed E-state index contributed by atoms with van der Waals surface area (Å²) in [4.78, 5) is 4.67. The third kappa shape index (κ3) is 4.70. The van der Waals surface area contributed by atoms with Crippen molar-refractivity contribution >= 4 is 78.7 Å². The van der Waals surface area contributed by atoms with Crippen molar-refractivity contribution in [3.8, 4) is 0 Å². The van der Waals surface area contributed by atoms with Crippen LogP contribution in [0.3, 0.4) is 0 Å². The van der Waals surface area contributed by atoms with Gasteiger partial charge in [0.25, 0.3) is 0 Å². The first-order valence-electron chi connectivity index (χ1n) is 14.5. The summed E-state index contributed by atoms with van der Waals surface area (Å²) in [6.07, 6.45) is 0. The van der Waals surface area contributed by atoms with Crippen LogP contribution in [0, 0.1) is 0 Å². The minimum atomic E-state index is 0.250. The maximum absolute atomic E-state index is 2.41. The SMILES string of the molecule is c1ccc(N(c2ccccc2)c2ccc(N(c3ccccc3)c3ccc4c(c3)[se]c3c5ccccc5ccc43)cc2)cc1. The Morgan fingerprint density at radius 2 is 0.767 bits per heavy atom. The fourth-order valence-corrected chi connectivity index (χ4v) is 8.68. The molecule has 0 aliphatic heterocycles. The second kappa shape index (κ2) is 11.0. The molecule has 0 amide bonds. The summed E-state index contributed by atoms with van der Waals surface area (Å²) in [6.45, 7) is 0. The van der Waals surface area contributed by atoms with Crippen LogP contribution in [-0.4, -0.2) is 14.5 Å². The summed E-state index contributed by atoms with van der Waals surface area (Å²) in [7, 11) is 0. The van der Waals surface area contributed by atoms with Gasteiger partial charge >= 0.3 is 246 Å². The van der Waals surface area contributed by atoms with Gasteiger partial charge in [-0.1, -0.05) is 12.1 Å². The fourth-order valence-electron chi connectivity index (χ4n) is 6.01. The normalized spacial score (nSPS) is 11.3. The molecule has 0 atom stereocenters. The molecule has 0 N–H and O–H groups in total. The van der Waals surface area contributed by atoms with Crippen LogP contribution in [0.2, 0.25) is 0 Å². The molecule has 0 spiro atoms. The number of rotatable bonds is 6. The van der Waals surface area contributed by atoms with Gasteiger partial charge in [-0.2, -0.15) is 0 Å². The second-order valence-corrected chi connectivity index (χ2v) is 12.8. The Bertz CT molecular complexity index is 2130. The van der Waals surface area contributed by atoms with Gasteiger partial charge in [-0.25, -0.2) is 0 Å². The minimum absolute atomic E-state index is 0.250. The number of nitrogens with zero attached hydrogens (tertiary/aromatic N) is 2. The molecule has 0 unspecified atom stereocenters. The molecule has 1 aromatic heterocycles. The quantitative estimate of drug-likeness (QED) is 0.172. The zero-order chi connectivity index (χ0) is 28.6. The summed E-state index contributed by atoms with van der Waals surface area (Å²) >= 11 is 0.250. The predicted molar refractivity (Wildman–Crippen MR) is 185 cm³/mol. The standard InChI is InChI=1S/C40H28N2Se/c1-4-13-30(14-5-1)41(31-15-6-2-7-16-31)33-21-23-34(24-22-33)42(32-17-8-3-9-18-32)35-25-27-37-38-26-20-29-12-10-11-19-36(29)40(38)43-39(37)28-35/h1-28H. The van der Waals surface area contributed by atoms with Gasteiger partial charge in [0.15, 0.2) is 0 Å². The topological polar surface area (TPSA) is 6.48 Å².